The fourth-order valence-corrected chi connectivity index (χ4v) is 6.67. The van der Waals surface area contributed by atoms with Crippen LogP contribution in [-0.4, -0.2) is 0 Å². The van der Waals surface area contributed by atoms with Crippen molar-refractivity contribution in [1.82, 2.24) is 0 Å². The standard InChI is InChI=1S/C12H20O.C12H20S.C11H18O.C11H18S/c2*1-11(2,3)9-7-10(13-8-9)12(4,5)6;2*1-8(2)9-6-7-10(12-9)11(3,4)5/h2*7-8H,1-6H3;2*6-8H,1-5H3. The molecule has 0 unspecified atom stereocenters. The summed E-state index contributed by atoms with van der Waals surface area (Å²) < 4.78 is 11.3. The van der Waals surface area contributed by atoms with Crippen molar-refractivity contribution >= 4 is 22.7 Å². The van der Waals surface area contributed by atoms with Gasteiger partial charge in [0, 0.05) is 31.4 Å². The van der Waals surface area contributed by atoms with Gasteiger partial charge in [-0.1, -0.05) is 152 Å². The summed E-state index contributed by atoms with van der Waals surface area (Å²) in [7, 11) is 0. The zero-order valence-corrected chi connectivity index (χ0v) is 38.0. The SMILES string of the molecule is CC(C)(C)c1coc(C(C)(C)C)c1.CC(C)(C)c1csc(C(C)(C)C)c1.CC(C)c1ccc(C(C)(C)C)o1.CC(C)c1ccc(C(C)(C)C)s1. The molecule has 0 N–H and O–H groups in total. The van der Waals surface area contributed by atoms with Crippen molar-refractivity contribution in [3.05, 3.63) is 91.1 Å². The molecule has 4 aromatic rings. The second-order valence-corrected chi connectivity index (χ2v) is 22.6. The smallest absolute Gasteiger partial charge is 0.109 e. The summed E-state index contributed by atoms with van der Waals surface area (Å²) in [6, 6.07) is 13.2. The van der Waals surface area contributed by atoms with Crippen LogP contribution in [0, 0.1) is 0 Å². The predicted octanol–water partition coefficient (Wildman–Crippen LogP) is 16.1. The summed E-state index contributed by atoms with van der Waals surface area (Å²) in [6.45, 7) is 48.8. The van der Waals surface area contributed by atoms with Gasteiger partial charge in [-0.3, -0.25) is 0 Å². The molecule has 4 heterocycles. The van der Waals surface area contributed by atoms with Crippen molar-refractivity contribution in [2.24, 2.45) is 0 Å². The van der Waals surface area contributed by atoms with Crippen molar-refractivity contribution in [3.8, 4) is 0 Å². The zero-order valence-electron chi connectivity index (χ0n) is 36.4. The molecule has 0 saturated carbocycles. The highest BCUT2D eigenvalue weighted by Gasteiger charge is 2.23. The molecular formula is C46H76O2S2. The minimum atomic E-state index is 0.115. The molecule has 50 heavy (non-hydrogen) atoms. The average molecular weight is 725 g/mol. The van der Waals surface area contributed by atoms with Crippen LogP contribution >= 0.6 is 22.7 Å². The maximum absolute atomic E-state index is 5.71. The summed E-state index contributed by atoms with van der Waals surface area (Å²) in [6.07, 6.45) is 1.88. The van der Waals surface area contributed by atoms with E-state index in [0.717, 1.165) is 17.3 Å². The maximum atomic E-state index is 5.71. The molecular weight excluding hydrogens is 649 g/mol. The Labute approximate surface area is 317 Å². The number of thiophene rings is 2. The Bertz CT molecular complexity index is 1360. The first-order chi connectivity index (χ1) is 22.2. The van der Waals surface area contributed by atoms with Crippen LogP contribution in [0.3, 0.4) is 0 Å². The highest BCUT2D eigenvalue weighted by atomic mass is 32.1. The first-order valence-electron chi connectivity index (χ1n) is 18.6. The maximum Gasteiger partial charge on any atom is 0.109 e. The lowest BCUT2D eigenvalue weighted by Crippen LogP contribution is -2.11. The summed E-state index contributed by atoms with van der Waals surface area (Å²) in [4.78, 5) is 4.48. The van der Waals surface area contributed by atoms with Gasteiger partial charge < -0.3 is 8.83 Å². The fraction of sp³-hybridized carbons (Fsp3) is 0.652. The molecule has 0 saturated heterocycles. The largest absolute Gasteiger partial charge is 0.468 e. The second-order valence-electron chi connectivity index (χ2n) is 20.6. The van der Waals surface area contributed by atoms with Crippen LogP contribution < -0.4 is 0 Å². The summed E-state index contributed by atoms with van der Waals surface area (Å²) in [5.41, 5.74) is 4.08. The van der Waals surface area contributed by atoms with Gasteiger partial charge in [0.25, 0.3) is 0 Å². The molecule has 0 aliphatic carbocycles. The van der Waals surface area contributed by atoms with Crippen molar-refractivity contribution in [2.45, 2.75) is 197 Å². The Kier molecular flexibility index (Phi) is 15.8. The lowest BCUT2D eigenvalue weighted by Gasteiger charge is -2.18. The van der Waals surface area contributed by atoms with Crippen LogP contribution in [0.5, 0.6) is 0 Å². The Morgan fingerprint density at radius 3 is 1.22 bits per heavy atom. The quantitative estimate of drug-likeness (QED) is 0.206. The van der Waals surface area contributed by atoms with Gasteiger partial charge in [0.05, 0.1) is 6.26 Å². The average Bonchev–Trinajstić information content (AvgIpc) is 3.73. The second kappa shape index (κ2) is 17.2. The Balaban J connectivity index is 0.000000334. The molecule has 0 aliphatic rings. The molecule has 0 amide bonds. The molecule has 284 valence electrons. The van der Waals surface area contributed by atoms with E-state index in [0.29, 0.717) is 28.1 Å². The normalized spacial score (nSPS) is 13.0. The molecule has 4 heteroatoms. The van der Waals surface area contributed by atoms with Crippen molar-refractivity contribution in [1.29, 1.82) is 0 Å². The van der Waals surface area contributed by atoms with Gasteiger partial charge in [-0.2, -0.15) is 0 Å². The van der Waals surface area contributed by atoms with Gasteiger partial charge in [-0.05, 0) is 80.5 Å². The highest BCUT2D eigenvalue weighted by Crippen LogP contribution is 2.35. The molecule has 4 rings (SSSR count). The van der Waals surface area contributed by atoms with E-state index >= 15 is 0 Å². The molecule has 0 spiro atoms. The van der Waals surface area contributed by atoms with E-state index in [-0.39, 0.29) is 16.2 Å². The third kappa shape index (κ3) is 15.3. The van der Waals surface area contributed by atoms with Crippen LogP contribution in [-0.2, 0) is 32.5 Å². The molecule has 0 bridgehead atoms. The van der Waals surface area contributed by atoms with Crippen LogP contribution in [0.4, 0.5) is 0 Å². The fourth-order valence-electron chi connectivity index (χ4n) is 4.38. The Morgan fingerprint density at radius 2 is 0.980 bits per heavy atom. The topological polar surface area (TPSA) is 26.3 Å². The first kappa shape index (κ1) is 46.0. The predicted molar refractivity (Wildman–Crippen MR) is 226 cm³/mol. The number of furan rings is 2. The van der Waals surface area contributed by atoms with Crippen LogP contribution in [0.2, 0.25) is 0 Å². The lowest BCUT2D eigenvalue weighted by molar-refractivity contribution is 0.377. The summed E-state index contributed by atoms with van der Waals surface area (Å²) in [5.74, 6) is 4.38. The van der Waals surface area contributed by atoms with Gasteiger partial charge in [-0.25, -0.2) is 0 Å². The van der Waals surface area contributed by atoms with E-state index in [1.54, 1.807) is 0 Å². The molecule has 0 aromatic carbocycles. The van der Waals surface area contributed by atoms with E-state index in [1.165, 1.54) is 25.8 Å². The van der Waals surface area contributed by atoms with E-state index < -0.39 is 0 Å². The highest BCUT2D eigenvalue weighted by molar-refractivity contribution is 7.12. The van der Waals surface area contributed by atoms with E-state index in [1.807, 2.05) is 28.9 Å². The Hall–Kier alpha value is -2.04. The van der Waals surface area contributed by atoms with E-state index in [9.17, 15) is 0 Å². The molecule has 4 aromatic heterocycles. The molecule has 0 radical (unpaired) electrons. The van der Waals surface area contributed by atoms with Gasteiger partial charge in [-0.15, -0.1) is 22.7 Å². The van der Waals surface area contributed by atoms with Crippen molar-refractivity contribution in [2.75, 3.05) is 0 Å². The van der Waals surface area contributed by atoms with E-state index in [4.69, 9.17) is 8.83 Å². The summed E-state index contributed by atoms with van der Waals surface area (Å²) in [5, 5.41) is 2.29. The van der Waals surface area contributed by atoms with E-state index in [2.05, 4.69) is 194 Å². The first-order valence-corrected chi connectivity index (χ1v) is 20.3. The Morgan fingerprint density at radius 1 is 0.480 bits per heavy atom. The van der Waals surface area contributed by atoms with Crippen LogP contribution in [0.15, 0.2) is 56.9 Å². The monoisotopic (exact) mass is 725 g/mol. The van der Waals surface area contributed by atoms with Crippen LogP contribution in [0.1, 0.15) is 207 Å². The molecule has 2 nitrogen and oxygen atoms in total. The van der Waals surface area contributed by atoms with Gasteiger partial charge in [0.1, 0.15) is 17.3 Å². The van der Waals surface area contributed by atoms with Crippen molar-refractivity contribution in [3.63, 3.8) is 0 Å². The van der Waals surface area contributed by atoms with Gasteiger partial charge >= 0.3 is 0 Å². The zero-order chi connectivity index (χ0) is 39.3. The minimum absolute atomic E-state index is 0.115. The number of hydrogen-bond donors (Lipinski definition) is 0. The number of hydrogen-bond acceptors (Lipinski definition) is 4. The van der Waals surface area contributed by atoms with Gasteiger partial charge in [0.15, 0.2) is 0 Å². The molecule has 0 aliphatic heterocycles. The van der Waals surface area contributed by atoms with Gasteiger partial charge in [0.2, 0.25) is 0 Å². The third-order valence-electron chi connectivity index (χ3n) is 8.28. The minimum Gasteiger partial charge on any atom is -0.468 e. The summed E-state index contributed by atoms with van der Waals surface area (Å²) >= 11 is 3.83. The van der Waals surface area contributed by atoms with Crippen molar-refractivity contribution < 1.29 is 8.83 Å². The lowest BCUT2D eigenvalue weighted by atomic mass is 9.86. The molecule has 0 atom stereocenters. The third-order valence-corrected chi connectivity index (χ3v) is 11.4. The molecule has 0 fully saturated rings. The number of rotatable bonds is 2. The van der Waals surface area contributed by atoms with Crippen LogP contribution in [0.25, 0.3) is 0 Å².